The minimum absolute atomic E-state index is 0.0702. The molecular formula is C9H16BrNO2. The van der Waals surface area contributed by atoms with Gasteiger partial charge in [-0.15, -0.1) is 0 Å². The van der Waals surface area contributed by atoms with Crippen molar-refractivity contribution in [2.45, 2.75) is 37.1 Å². The number of amides is 1. The first-order valence-corrected chi connectivity index (χ1v) is 5.55. The topological polar surface area (TPSA) is 40.5 Å². The summed E-state index contributed by atoms with van der Waals surface area (Å²) in [5, 5.41) is 9.80. The van der Waals surface area contributed by atoms with Crippen LogP contribution in [0.15, 0.2) is 0 Å². The summed E-state index contributed by atoms with van der Waals surface area (Å²) in [4.78, 5) is 12.9. The summed E-state index contributed by atoms with van der Waals surface area (Å²) in [5.41, 5.74) is -0.605. The zero-order chi connectivity index (χ0) is 10.1. The Balaban J connectivity index is 2.36. The van der Waals surface area contributed by atoms with Crippen LogP contribution in [0.3, 0.4) is 0 Å². The van der Waals surface area contributed by atoms with Crippen molar-refractivity contribution in [3.63, 3.8) is 0 Å². The molecule has 0 aromatic rings. The van der Waals surface area contributed by atoms with E-state index in [9.17, 15) is 9.90 Å². The van der Waals surface area contributed by atoms with Crippen molar-refractivity contribution in [1.82, 2.24) is 4.90 Å². The normalized spacial score (nSPS) is 22.3. The van der Waals surface area contributed by atoms with E-state index in [4.69, 9.17) is 0 Å². The molecule has 76 valence electrons. The van der Waals surface area contributed by atoms with E-state index in [1.54, 1.807) is 11.8 Å². The molecule has 1 aliphatic heterocycles. The average Bonchev–Trinajstić information content (AvgIpc) is 1.99. The third-order valence-electron chi connectivity index (χ3n) is 2.34. The number of carbonyl (C=O) groups is 1. The number of rotatable bonds is 3. The molecule has 0 aromatic carbocycles. The van der Waals surface area contributed by atoms with Crippen LogP contribution in [-0.4, -0.2) is 39.4 Å². The summed E-state index contributed by atoms with van der Waals surface area (Å²) in [6, 6.07) is 0. The molecule has 0 saturated carbocycles. The van der Waals surface area contributed by atoms with Gasteiger partial charge < -0.3 is 10.0 Å². The monoisotopic (exact) mass is 249 g/mol. The van der Waals surface area contributed by atoms with Gasteiger partial charge in [-0.3, -0.25) is 4.79 Å². The first-order valence-electron chi connectivity index (χ1n) is 4.64. The fourth-order valence-electron chi connectivity index (χ4n) is 1.70. The van der Waals surface area contributed by atoms with E-state index in [0.29, 0.717) is 13.1 Å². The molecule has 1 atom stereocenters. The predicted molar refractivity (Wildman–Crippen MR) is 54.8 cm³/mol. The summed E-state index contributed by atoms with van der Waals surface area (Å²) < 4.78 is 0. The lowest BCUT2D eigenvalue weighted by molar-refractivity contribution is -0.155. The van der Waals surface area contributed by atoms with Crippen LogP contribution in [0.25, 0.3) is 0 Å². The van der Waals surface area contributed by atoms with Crippen molar-refractivity contribution in [2.75, 3.05) is 13.1 Å². The maximum absolute atomic E-state index is 11.4. The number of halogens is 1. The van der Waals surface area contributed by atoms with Crippen LogP contribution in [0.4, 0.5) is 0 Å². The Hall–Kier alpha value is -0.0900. The second-order valence-corrected chi connectivity index (χ2v) is 5.16. The molecule has 1 fully saturated rings. The molecule has 1 rings (SSSR count). The zero-order valence-corrected chi connectivity index (χ0v) is 9.67. The van der Waals surface area contributed by atoms with Gasteiger partial charge in [0.1, 0.15) is 0 Å². The van der Waals surface area contributed by atoms with Crippen LogP contribution in [0.2, 0.25) is 0 Å². The summed E-state index contributed by atoms with van der Waals surface area (Å²) in [7, 11) is 0. The summed E-state index contributed by atoms with van der Waals surface area (Å²) in [5.74, 6) is 0.0702. The molecule has 1 aliphatic rings. The fraction of sp³-hybridized carbons (Fsp3) is 0.889. The zero-order valence-electron chi connectivity index (χ0n) is 8.09. The number of alkyl halides is 1. The highest BCUT2D eigenvalue weighted by Gasteiger charge is 2.43. The van der Waals surface area contributed by atoms with Crippen molar-refractivity contribution in [1.29, 1.82) is 0 Å². The Morgan fingerprint density at radius 3 is 2.62 bits per heavy atom. The van der Waals surface area contributed by atoms with Crippen LogP contribution in [0.1, 0.15) is 26.7 Å². The van der Waals surface area contributed by atoms with E-state index < -0.39 is 5.60 Å². The van der Waals surface area contributed by atoms with E-state index >= 15 is 0 Å². The number of β-amino-alcohol motifs (C(OH)–C–C–N with tert-alkyl or cyclic N) is 1. The third-order valence-corrected chi connectivity index (χ3v) is 2.73. The molecule has 0 spiro atoms. The molecule has 0 aromatic heterocycles. The van der Waals surface area contributed by atoms with Crippen LogP contribution >= 0.6 is 15.9 Å². The number of carbonyl (C=O) groups excluding carboxylic acids is 1. The third kappa shape index (κ3) is 2.44. The van der Waals surface area contributed by atoms with E-state index in [1.807, 2.05) is 6.92 Å². The Labute approximate surface area is 87.2 Å². The van der Waals surface area contributed by atoms with Crippen molar-refractivity contribution in [3.8, 4) is 0 Å². The van der Waals surface area contributed by atoms with E-state index in [0.717, 1.165) is 12.8 Å². The molecule has 1 saturated heterocycles. The van der Waals surface area contributed by atoms with E-state index in [-0.39, 0.29) is 10.7 Å². The van der Waals surface area contributed by atoms with Crippen molar-refractivity contribution >= 4 is 21.8 Å². The van der Waals surface area contributed by atoms with E-state index in [1.165, 1.54) is 0 Å². The van der Waals surface area contributed by atoms with Crippen molar-refractivity contribution in [3.05, 3.63) is 0 Å². The molecule has 0 radical (unpaired) electrons. The van der Waals surface area contributed by atoms with Gasteiger partial charge in [0.15, 0.2) is 0 Å². The van der Waals surface area contributed by atoms with Gasteiger partial charge in [0.05, 0.1) is 23.5 Å². The van der Waals surface area contributed by atoms with Crippen molar-refractivity contribution < 1.29 is 9.90 Å². The lowest BCUT2D eigenvalue weighted by Crippen LogP contribution is -2.64. The summed E-state index contributed by atoms with van der Waals surface area (Å²) in [6.45, 7) is 4.83. The molecule has 3 nitrogen and oxygen atoms in total. The van der Waals surface area contributed by atoms with Gasteiger partial charge in [-0.05, 0) is 13.3 Å². The van der Waals surface area contributed by atoms with Gasteiger partial charge in [-0.25, -0.2) is 0 Å². The highest BCUT2D eigenvalue weighted by molar-refractivity contribution is 9.10. The molecule has 13 heavy (non-hydrogen) atoms. The Morgan fingerprint density at radius 2 is 2.23 bits per heavy atom. The Bertz CT molecular complexity index is 200. The number of hydrogen-bond acceptors (Lipinski definition) is 2. The molecule has 1 N–H and O–H groups in total. The van der Waals surface area contributed by atoms with Gasteiger partial charge in [-0.2, -0.15) is 0 Å². The largest absolute Gasteiger partial charge is 0.386 e. The first-order chi connectivity index (χ1) is 5.98. The number of aliphatic hydroxyl groups is 1. The second-order valence-electron chi connectivity index (χ2n) is 3.78. The maximum atomic E-state index is 11.4. The minimum Gasteiger partial charge on any atom is -0.386 e. The Kier molecular flexibility index (Phi) is 3.35. The van der Waals surface area contributed by atoms with E-state index in [2.05, 4.69) is 15.9 Å². The summed E-state index contributed by atoms with van der Waals surface area (Å²) >= 11 is 3.22. The number of nitrogens with zero attached hydrogens (tertiary/aromatic N) is 1. The summed E-state index contributed by atoms with van der Waals surface area (Å²) in [6.07, 6.45) is 1.75. The molecular weight excluding hydrogens is 234 g/mol. The number of hydrogen-bond donors (Lipinski definition) is 1. The molecule has 0 aliphatic carbocycles. The van der Waals surface area contributed by atoms with Crippen LogP contribution in [0, 0.1) is 0 Å². The van der Waals surface area contributed by atoms with Gasteiger partial charge in [0.25, 0.3) is 0 Å². The molecule has 1 heterocycles. The van der Waals surface area contributed by atoms with Gasteiger partial charge in [-0.1, -0.05) is 29.3 Å². The van der Waals surface area contributed by atoms with Crippen LogP contribution in [0.5, 0.6) is 0 Å². The first kappa shape index (κ1) is 11.0. The molecule has 1 unspecified atom stereocenters. The van der Waals surface area contributed by atoms with Gasteiger partial charge in [0, 0.05) is 0 Å². The lowest BCUT2D eigenvalue weighted by Gasteiger charge is -2.47. The van der Waals surface area contributed by atoms with Crippen molar-refractivity contribution in [2.24, 2.45) is 0 Å². The molecule has 0 bridgehead atoms. The second kappa shape index (κ2) is 3.96. The minimum atomic E-state index is -0.605. The predicted octanol–water partition coefficient (Wildman–Crippen LogP) is 1.14. The average molecular weight is 250 g/mol. The smallest absolute Gasteiger partial charge is 0.236 e. The highest BCUT2D eigenvalue weighted by Crippen LogP contribution is 2.26. The van der Waals surface area contributed by atoms with Gasteiger partial charge >= 0.3 is 0 Å². The van der Waals surface area contributed by atoms with Crippen LogP contribution in [-0.2, 0) is 4.79 Å². The molecule has 4 heteroatoms. The number of likely N-dealkylation sites (tertiary alicyclic amines) is 1. The standard InChI is InChI=1S/C9H16BrNO2/c1-3-4-9(13)5-11(6-9)8(12)7(2)10/h7,13H,3-6H2,1-2H3. The highest BCUT2D eigenvalue weighted by atomic mass is 79.9. The van der Waals surface area contributed by atoms with Crippen LogP contribution < -0.4 is 0 Å². The fourth-order valence-corrected chi connectivity index (χ4v) is 1.98. The SMILES string of the molecule is CCCC1(O)CN(C(=O)C(C)Br)C1. The maximum Gasteiger partial charge on any atom is 0.236 e. The molecule has 1 amide bonds. The van der Waals surface area contributed by atoms with Gasteiger partial charge in [0.2, 0.25) is 5.91 Å². The lowest BCUT2D eigenvalue weighted by atomic mass is 9.89. The Morgan fingerprint density at radius 1 is 1.69 bits per heavy atom. The quantitative estimate of drug-likeness (QED) is 0.763.